The van der Waals surface area contributed by atoms with Gasteiger partial charge >= 0.3 is 0 Å². The molecule has 0 spiro atoms. The smallest absolute Gasteiger partial charge is 0.274 e. The van der Waals surface area contributed by atoms with E-state index < -0.39 is 0 Å². The Morgan fingerprint density at radius 1 is 1.30 bits per heavy atom. The van der Waals surface area contributed by atoms with Gasteiger partial charge in [-0.2, -0.15) is 0 Å². The molecule has 122 valence electrons. The Labute approximate surface area is 146 Å². The summed E-state index contributed by atoms with van der Waals surface area (Å²) >= 11 is 11.0. The molecule has 1 aromatic heterocycles. The summed E-state index contributed by atoms with van der Waals surface area (Å²) in [7, 11) is 0. The molecular formula is C17H20ClN3OS. The highest BCUT2D eigenvalue weighted by Gasteiger charge is 2.10. The van der Waals surface area contributed by atoms with Gasteiger partial charge in [0.1, 0.15) is 5.69 Å². The molecule has 4 nitrogen and oxygen atoms in total. The Bertz CT molecular complexity index is 730. The number of rotatable bonds is 7. The molecule has 2 rings (SSSR count). The molecule has 6 heteroatoms. The lowest BCUT2D eigenvalue weighted by Crippen LogP contribution is -2.15. The number of aryl methyl sites for hydroxylation is 1. The van der Waals surface area contributed by atoms with Gasteiger partial charge in [-0.3, -0.25) is 4.79 Å². The van der Waals surface area contributed by atoms with Gasteiger partial charge in [-0.25, -0.2) is 4.98 Å². The van der Waals surface area contributed by atoms with Crippen LogP contribution < -0.4 is 5.32 Å². The minimum atomic E-state index is -0.290. The van der Waals surface area contributed by atoms with Gasteiger partial charge in [0.2, 0.25) is 0 Å². The van der Waals surface area contributed by atoms with Gasteiger partial charge in [0.25, 0.3) is 5.91 Å². The number of aromatic amines is 1. The van der Waals surface area contributed by atoms with E-state index in [2.05, 4.69) is 22.2 Å². The second-order valence-corrected chi connectivity index (χ2v) is 6.20. The van der Waals surface area contributed by atoms with Crippen LogP contribution in [0.25, 0.3) is 0 Å². The van der Waals surface area contributed by atoms with Crippen molar-refractivity contribution in [1.82, 2.24) is 9.97 Å². The summed E-state index contributed by atoms with van der Waals surface area (Å²) in [6.07, 6.45) is 5.51. The third kappa shape index (κ3) is 5.77. The third-order valence-corrected chi connectivity index (χ3v) is 3.84. The molecule has 0 radical (unpaired) electrons. The second-order valence-electron chi connectivity index (χ2n) is 5.37. The fraction of sp³-hybridized carbons (Fsp3) is 0.353. The number of carbonyl (C=O) groups is 1. The number of aromatic nitrogens is 2. The maximum Gasteiger partial charge on any atom is 0.274 e. The number of hydrogen-bond donors (Lipinski definition) is 2. The van der Waals surface area contributed by atoms with Gasteiger partial charge in [-0.05, 0) is 49.3 Å². The van der Waals surface area contributed by atoms with Crippen molar-refractivity contribution in [2.24, 2.45) is 0 Å². The Morgan fingerprint density at radius 2 is 2.13 bits per heavy atom. The first-order valence-electron chi connectivity index (χ1n) is 7.75. The number of unbranched alkanes of at least 4 members (excludes halogenated alkanes) is 3. The maximum absolute atomic E-state index is 12.3. The quantitative estimate of drug-likeness (QED) is 0.535. The van der Waals surface area contributed by atoms with Crippen LogP contribution in [-0.4, -0.2) is 15.9 Å². The van der Waals surface area contributed by atoms with E-state index in [1.807, 2.05) is 0 Å². The van der Waals surface area contributed by atoms with Gasteiger partial charge < -0.3 is 10.3 Å². The highest BCUT2D eigenvalue weighted by molar-refractivity contribution is 7.71. The number of nitrogens with one attached hydrogen (secondary N) is 2. The Balaban J connectivity index is 2.07. The van der Waals surface area contributed by atoms with Crippen molar-refractivity contribution < 1.29 is 4.79 Å². The number of nitrogens with zero attached hydrogens (tertiary/aromatic N) is 1. The Kier molecular flexibility index (Phi) is 6.74. The second kappa shape index (κ2) is 8.79. The SMILES string of the molecule is CCCCCCc1cc(C(=O)Nc2cccc(Cl)c2)nc(=S)[nH]1. The molecule has 0 bridgehead atoms. The number of halogens is 1. The summed E-state index contributed by atoms with van der Waals surface area (Å²) in [5, 5.41) is 3.35. The maximum atomic E-state index is 12.3. The van der Waals surface area contributed by atoms with Crippen molar-refractivity contribution in [3.63, 3.8) is 0 Å². The van der Waals surface area contributed by atoms with E-state index in [0.29, 0.717) is 21.2 Å². The Morgan fingerprint density at radius 3 is 2.87 bits per heavy atom. The summed E-state index contributed by atoms with van der Waals surface area (Å²) in [5.41, 5.74) is 1.89. The van der Waals surface area contributed by atoms with Crippen molar-refractivity contribution in [1.29, 1.82) is 0 Å². The molecular weight excluding hydrogens is 330 g/mol. The molecule has 0 atom stereocenters. The van der Waals surface area contributed by atoms with E-state index in [1.165, 1.54) is 19.3 Å². The molecule has 0 unspecified atom stereocenters. The summed E-state index contributed by atoms with van der Waals surface area (Å²) in [5.74, 6) is -0.290. The standard InChI is InChI=1S/C17H20ClN3OS/c1-2-3-4-5-8-14-11-15(21-17(23)20-14)16(22)19-13-9-6-7-12(18)10-13/h6-7,9-11H,2-5,8H2,1H3,(H,19,22)(H,20,21,23). The molecule has 1 amide bonds. The van der Waals surface area contributed by atoms with Crippen LogP contribution in [0.5, 0.6) is 0 Å². The lowest BCUT2D eigenvalue weighted by molar-refractivity contribution is 0.102. The van der Waals surface area contributed by atoms with Crippen LogP contribution in [0.15, 0.2) is 30.3 Å². The fourth-order valence-electron chi connectivity index (χ4n) is 2.26. The van der Waals surface area contributed by atoms with E-state index in [0.717, 1.165) is 18.5 Å². The summed E-state index contributed by atoms with van der Waals surface area (Å²) in [6.45, 7) is 2.18. The van der Waals surface area contributed by atoms with Crippen molar-refractivity contribution in [2.45, 2.75) is 39.0 Å². The molecule has 2 aromatic rings. The van der Waals surface area contributed by atoms with Gasteiger partial charge in [-0.15, -0.1) is 0 Å². The van der Waals surface area contributed by atoms with E-state index >= 15 is 0 Å². The number of hydrogen-bond acceptors (Lipinski definition) is 3. The zero-order valence-electron chi connectivity index (χ0n) is 13.1. The summed E-state index contributed by atoms with van der Waals surface area (Å²) < 4.78 is 0.328. The lowest BCUT2D eigenvalue weighted by atomic mass is 10.1. The van der Waals surface area contributed by atoms with Crippen LogP contribution in [-0.2, 0) is 6.42 Å². The molecule has 0 saturated carbocycles. The number of amides is 1. The summed E-state index contributed by atoms with van der Waals surface area (Å²) in [4.78, 5) is 19.5. The molecule has 1 heterocycles. The number of carbonyl (C=O) groups excluding carboxylic acids is 1. The van der Waals surface area contributed by atoms with Gasteiger partial charge in [-0.1, -0.05) is 43.9 Å². The van der Waals surface area contributed by atoms with E-state index in [9.17, 15) is 4.79 Å². The average molecular weight is 350 g/mol. The van der Waals surface area contributed by atoms with Gasteiger partial charge in [0, 0.05) is 16.4 Å². The monoisotopic (exact) mass is 349 g/mol. The fourth-order valence-corrected chi connectivity index (χ4v) is 2.68. The zero-order chi connectivity index (χ0) is 16.7. The topological polar surface area (TPSA) is 57.8 Å². The van der Waals surface area contributed by atoms with Crippen molar-refractivity contribution in [2.75, 3.05) is 5.32 Å². The van der Waals surface area contributed by atoms with Crippen molar-refractivity contribution in [3.05, 3.63) is 51.5 Å². The van der Waals surface area contributed by atoms with Crippen LogP contribution in [0.3, 0.4) is 0 Å². The lowest BCUT2D eigenvalue weighted by Gasteiger charge is -2.07. The molecule has 0 saturated heterocycles. The van der Waals surface area contributed by atoms with E-state index in [1.54, 1.807) is 30.3 Å². The van der Waals surface area contributed by atoms with E-state index in [4.69, 9.17) is 23.8 Å². The third-order valence-electron chi connectivity index (χ3n) is 3.42. The molecule has 2 N–H and O–H groups in total. The molecule has 0 aliphatic heterocycles. The summed E-state index contributed by atoms with van der Waals surface area (Å²) in [6, 6.07) is 8.76. The minimum absolute atomic E-state index is 0.290. The van der Waals surface area contributed by atoms with Crippen molar-refractivity contribution >= 4 is 35.4 Å². The molecule has 1 aromatic carbocycles. The predicted molar refractivity (Wildman–Crippen MR) is 96.7 cm³/mol. The molecule has 0 aliphatic rings. The largest absolute Gasteiger partial charge is 0.334 e. The molecule has 0 aliphatic carbocycles. The van der Waals surface area contributed by atoms with Gasteiger partial charge in [0.05, 0.1) is 0 Å². The minimum Gasteiger partial charge on any atom is -0.334 e. The zero-order valence-corrected chi connectivity index (χ0v) is 14.6. The molecule has 0 fully saturated rings. The van der Waals surface area contributed by atoms with Crippen LogP contribution in [0.4, 0.5) is 5.69 Å². The van der Waals surface area contributed by atoms with Crippen LogP contribution >= 0.6 is 23.8 Å². The highest BCUT2D eigenvalue weighted by Crippen LogP contribution is 2.16. The van der Waals surface area contributed by atoms with E-state index in [-0.39, 0.29) is 5.91 Å². The number of H-pyrrole nitrogens is 1. The number of anilines is 1. The predicted octanol–water partition coefficient (Wildman–Crippen LogP) is 5.17. The highest BCUT2D eigenvalue weighted by atomic mass is 35.5. The van der Waals surface area contributed by atoms with Gasteiger partial charge in [0.15, 0.2) is 4.77 Å². The van der Waals surface area contributed by atoms with Crippen LogP contribution in [0.2, 0.25) is 5.02 Å². The first-order chi connectivity index (χ1) is 11.1. The molecule has 23 heavy (non-hydrogen) atoms. The van der Waals surface area contributed by atoms with Crippen LogP contribution in [0, 0.1) is 4.77 Å². The first-order valence-corrected chi connectivity index (χ1v) is 8.54. The number of benzene rings is 1. The van der Waals surface area contributed by atoms with Crippen LogP contribution in [0.1, 0.15) is 48.8 Å². The Hall–Kier alpha value is -1.72. The normalized spacial score (nSPS) is 10.5. The first kappa shape index (κ1) is 17.6. The van der Waals surface area contributed by atoms with Crippen molar-refractivity contribution in [3.8, 4) is 0 Å². The average Bonchev–Trinajstić information content (AvgIpc) is 2.51.